The van der Waals surface area contributed by atoms with Crippen LogP contribution in [0.3, 0.4) is 0 Å². The van der Waals surface area contributed by atoms with E-state index in [1.54, 1.807) is 13.8 Å². The number of hydrogen-bond acceptors (Lipinski definition) is 5. The lowest BCUT2D eigenvalue weighted by Crippen LogP contribution is -2.40. The molecule has 7 heteroatoms. The highest BCUT2D eigenvalue weighted by Crippen LogP contribution is 2.00. The van der Waals surface area contributed by atoms with Crippen LogP contribution in [-0.4, -0.2) is 43.3 Å². The number of nitrogens with one attached hydrogen (secondary N) is 2. The Balaban J connectivity index is 3.91. The standard InChI is InChI=1S/C17H32N2O5/c1-5-7-8-10-23-16(21)12-14(4)18-15(20)11-13(3)19-17(22)24-9-6-2/h13-14H,5-12H2,1-4H3,(H,18,20)(H,19,22). The number of esters is 1. The highest BCUT2D eigenvalue weighted by atomic mass is 16.5. The quantitative estimate of drug-likeness (QED) is 0.419. The van der Waals surface area contributed by atoms with Crippen molar-refractivity contribution in [3.8, 4) is 0 Å². The van der Waals surface area contributed by atoms with Crippen molar-refractivity contribution in [2.45, 2.75) is 78.3 Å². The second kappa shape index (κ2) is 13.6. The summed E-state index contributed by atoms with van der Waals surface area (Å²) in [6, 6.07) is -0.655. The van der Waals surface area contributed by atoms with Crippen LogP contribution in [0.4, 0.5) is 4.79 Å². The molecule has 0 aromatic carbocycles. The van der Waals surface area contributed by atoms with Crippen molar-refractivity contribution in [2.75, 3.05) is 13.2 Å². The van der Waals surface area contributed by atoms with Gasteiger partial charge in [0.25, 0.3) is 0 Å². The van der Waals surface area contributed by atoms with E-state index in [-0.39, 0.29) is 36.8 Å². The Bertz CT molecular complexity index is 387. The molecule has 0 aromatic heterocycles. The normalized spacial score (nSPS) is 12.8. The zero-order chi connectivity index (χ0) is 18.4. The van der Waals surface area contributed by atoms with E-state index in [0.29, 0.717) is 13.2 Å². The molecule has 2 atom stereocenters. The van der Waals surface area contributed by atoms with Crippen LogP contribution in [0, 0.1) is 0 Å². The van der Waals surface area contributed by atoms with Gasteiger partial charge in [0.1, 0.15) is 0 Å². The van der Waals surface area contributed by atoms with Crippen LogP contribution in [-0.2, 0) is 19.1 Å². The number of carbonyl (C=O) groups is 3. The van der Waals surface area contributed by atoms with Gasteiger partial charge in [-0.1, -0.05) is 26.7 Å². The minimum Gasteiger partial charge on any atom is -0.466 e. The number of amides is 2. The fourth-order valence-electron chi connectivity index (χ4n) is 2.00. The van der Waals surface area contributed by atoms with Crippen LogP contribution in [0.1, 0.15) is 66.2 Å². The maximum atomic E-state index is 11.9. The van der Waals surface area contributed by atoms with Crippen molar-refractivity contribution in [2.24, 2.45) is 0 Å². The minimum atomic E-state index is -0.527. The number of hydrogen-bond donors (Lipinski definition) is 2. The first-order valence-corrected chi connectivity index (χ1v) is 8.77. The second-order valence-electron chi connectivity index (χ2n) is 5.99. The third-order valence-corrected chi connectivity index (χ3v) is 3.18. The maximum absolute atomic E-state index is 11.9. The molecule has 0 saturated carbocycles. The molecule has 2 unspecified atom stereocenters. The zero-order valence-electron chi connectivity index (χ0n) is 15.4. The molecule has 0 spiro atoms. The van der Waals surface area contributed by atoms with Gasteiger partial charge in [0.15, 0.2) is 0 Å². The number of unbranched alkanes of at least 4 members (excludes halogenated alkanes) is 2. The van der Waals surface area contributed by atoms with E-state index in [4.69, 9.17) is 9.47 Å². The third-order valence-electron chi connectivity index (χ3n) is 3.18. The van der Waals surface area contributed by atoms with Gasteiger partial charge in [0.2, 0.25) is 5.91 Å². The predicted octanol–water partition coefficient (Wildman–Crippen LogP) is 2.53. The predicted molar refractivity (Wildman–Crippen MR) is 91.6 cm³/mol. The maximum Gasteiger partial charge on any atom is 0.407 e. The summed E-state index contributed by atoms with van der Waals surface area (Å²) in [4.78, 5) is 34.9. The molecule has 7 nitrogen and oxygen atoms in total. The largest absolute Gasteiger partial charge is 0.466 e. The van der Waals surface area contributed by atoms with E-state index < -0.39 is 6.09 Å². The minimum absolute atomic E-state index is 0.122. The van der Waals surface area contributed by atoms with Crippen LogP contribution < -0.4 is 10.6 Å². The highest BCUT2D eigenvalue weighted by Gasteiger charge is 2.16. The molecule has 0 aliphatic carbocycles. The number of carbonyl (C=O) groups excluding carboxylic acids is 3. The molecule has 0 aliphatic rings. The van der Waals surface area contributed by atoms with Gasteiger partial charge in [-0.2, -0.15) is 0 Å². The monoisotopic (exact) mass is 344 g/mol. The fourth-order valence-corrected chi connectivity index (χ4v) is 2.00. The Labute approximate surface area is 144 Å². The highest BCUT2D eigenvalue weighted by molar-refractivity contribution is 5.79. The van der Waals surface area contributed by atoms with Gasteiger partial charge in [-0.3, -0.25) is 9.59 Å². The average molecular weight is 344 g/mol. The van der Waals surface area contributed by atoms with Gasteiger partial charge in [-0.05, 0) is 26.7 Å². The van der Waals surface area contributed by atoms with Gasteiger partial charge < -0.3 is 20.1 Å². The molecule has 2 N–H and O–H groups in total. The SMILES string of the molecule is CCCCCOC(=O)CC(C)NC(=O)CC(C)NC(=O)OCCC. The van der Waals surface area contributed by atoms with Gasteiger partial charge in [-0.15, -0.1) is 0 Å². The smallest absolute Gasteiger partial charge is 0.407 e. The number of rotatable bonds is 12. The van der Waals surface area contributed by atoms with Gasteiger partial charge in [0.05, 0.1) is 19.6 Å². The average Bonchev–Trinajstić information content (AvgIpc) is 2.48. The van der Waals surface area contributed by atoms with Gasteiger partial charge in [-0.25, -0.2) is 4.79 Å². The molecule has 0 aliphatic heterocycles. The van der Waals surface area contributed by atoms with Crippen molar-refractivity contribution < 1.29 is 23.9 Å². The first-order chi connectivity index (χ1) is 11.4. The van der Waals surface area contributed by atoms with Gasteiger partial charge >= 0.3 is 12.1 Å². The summed E-state index contributed by atoms with van der Waals surface area (Å²) in [5, 5.41) is 5.31. The first-order valence-electron chi connectivity index (χ1n) is 8.77. The van der Waals surface area contributed by atoms with Crippen LogP contribution >= 0.6 is 0 Å². The Hall–Kier alpha value is -1.79. The lowest BCUT2D eigenvalue weighted by atomic mass is 10.2. The lowest BCUT2D eigenvalue weighted by molar-refractivity contribution is -0.144. The second-order valence-corrected chi connectivity index (χ2v) is 5.99. The molecule has 0 aromatic rings. The Morgan fingerprint density at radius 2 is 1.50 bits per heavy atom. The van der Waals surface area contributed by atoms with E-state index in [1.807, 2.05) is 6.92 Å². The van der Waals surface area contributed by atoms with Crippen molar-refractivity contribution in [3.05, 3.63) is 0 Å². The molecule has 0 rings (SSSR count). The molecule has 24 heavy (non-hydrogen) atoms. The molecule has 140 valence electrons. The van der Waals surface area contributed by atoms with E-state index in [0.717, 1.165) is 25.7 Å². The summed E-state index contributed by atoms with van der Waals surface area (Å²) < 4.78 is 9.99. The lowest BCUT2D eigenvalue weighted by Gasteiger charge is -2.17. The summed E-state index contributed by atoms with van der Waals surface area (Å²) in [7, 11) is 0. The van der Waals surface area contributed by atoms with E-state index >= 15 is 0 Å². The Kier molecular flexibility index (Phi) is 12.6. The fraction of sp³-hybridized carbons (Fsp3) is 0.824. The number of alkyl carbamates (subject to hydrolysis) is 1. The Morgan fingerprint density at radius 3 is 2.12 bits per heavy atom. The van der Waals surface area contributed by atoms with Gasteiger partial charge in [0, 0.05) is 18.5 Å². The van der Waals surface area contributed by atoms with Crippen LogP contribution in [0.2, 0.25) is 0 Å². The molecular formula is C17H32N2O5. The molecule has 2 amide bonds. The van der Waals surface area contributed by atoms with Crippen molar-refractivity contribution >= 4 is 18.0 Å². The van der Waals surface area contributed by atoms with E-state index in [1.165, 1.54) is 0 Å². The summed E-state index contributed by atoms with van der Waals surface area (Å²) in [6.07, 6.45) is 3.44. The molecule has 0 fully saturated rings. The van der Waals surface area contributed by atoms with E-state index in [2.05, 4.69) is 17.6 Å². The zero-order valence-corrected chi connectivity index (χ0v) is 15.4. The molecule has 0 bridgehead atoms. The summed E-state index contributed by atoms with van der Waals surface area (Å²) >= 11 is 0. The Morgan fingerprint density at radius 1 is 0.833 bits per heavy atom. The van der Waals surface area contributed by atoms with E-state index in [9.17, 15) is 14.4 Å². The molecule has 0 heterocycles. The molecular weight excluding hydrogens is 312 g/mol. The van der Waals surface area contributed by atoms with Crippen molar-refractivity contribution in [1.82, 2.24) is 10.6 Å². The third kappa shape index (κ3) is 12.7. The van der Waals surface area contributed by atoms with Crippen LogP contribution in [0.25, 0.3) is 0 Å². The van der Waals surface area contributed by atoms with Crippen molar-refractivity contribution in [1.29, 1.82) is 0 Å². The summed E-state index contributed by atoms with van der Waals surface area (Å²) in [6.45, 7) is 8.23. The molecule has 0 radical (unpaired) electrons. The van der Waals surface area contributed by atoms with Crippen LogP contribution in [0.15, 0.2) is 0 Å². The first kappa shape index (κ1) is 22.2. The summed E-state index contributed by atoms with van der Waals surface area (Å²) in [5.74, 6) is -0.544. The van der Waals surface area contributed by atoms with Crippen LogP contribution in [0.5, 0.6) is 0 Å². The molecule has 0 saturated heterocycles. The topological polar surface area (TPSA) is 93.7 Å². The summed E-state index contributed by atoms with van der Waals surface area (Å²) in [5.41, 5.74) is 0. The number of ether oxygens (including phenoxy) is 2. The van der Waals surface area contributed by atoms with Crippen molar-refractivity contribution in [3.63, 3.8) is 0 Å².